The Morgan fingerprint density at radius 1 is 0.929 bits per heavy atom. The van der Waals surface area contributed by atoms with Crippen LogP contribution in [0.1, 0.15) is 22.4 Å². The fourth-order valence-electron chi connectivity index (χ4n) is 1.69. The molecule has 0 aliphatic heterocycles. The highest BCUT2D eigenvalue weighted by Gasteiger charge is 2.03. The molecule has 0 unspecified atom stereocenters. The molecular weight excluding hydrogens is 170 g/mol. The topological polar surface area (TPSA) is 12.9 Å². The zero-order valence-electron chi connectivity index (χ0n) is 9.18. The van der Waals surface area contributed by atoms with Gasteiger partial charge in [0.05, 0.1) is 5.52 Å². The van der Waals surface area contributed by atoms with Gasteiger partial charge in [0.1, 0.15) is 0 Å². The maximum Gasteiger partial charge on any atom is 0.0708 e. The molecule has 2 rings (SSSR count). The number of aromatic nitrogens is 1. The van der Waals surface area contributed by atoms with Crippen LogP contribution in [0.15, 0.2) is 18.2 Å². The fourth-order valence-corrected chi connectivity index (χ4v) is 1.69. The molecule has 1 heteroatoms. The first-order valence-corrected chi connectivity index (χ1v) is 4.94. The molecule has 0 radical (unpaired) electrons. The molecule has 0 aliphatic rings. The lowest BCUT2D eigenvalue weighted by Gasteiger charge is -2.07. The van der Waals surface area contributed by atoms with Crippen molar-refractivity contribution in [3.05, 3.63) is 40.6 Å². The minimum atomic E-state index is 1.11. The maximum absolute atomic E-state index is 4.58. The Hall–Kier alpha value is -1.37. The molecule has 0 amide bonds. The first kappa shape index (κ1) is 9.20. The van der Waals surface area contributed by atoms with Crippen LogP contribution >= 0.6 is 0 Å². The van der Waals surface area contributed by atoms with Gasteiger partial charge in [-0.3, -0.25) is 4.98 Å². The lowest BCUT2D eigenvalue weighted by molar-refractivity contribution is 1.19. The predicted molar refractivity (Wildman–Crippen MR) is 60.7 cm³/mol. The largest absolute Gasteiger partial charge is 0.253 e. The molecule has 0 saturated heterocycles. The Morgan fingerprint density at radius 3 is 2.36 bits per heavy atom. The van der Waals surface area contributed by atoms with Gasteiger partial charge in [-0.25, -0.2) is 0 Å². The van der Waals surface area contributed by atoms with E-state index in [1.807, 2.05) is 0 Å². The second-order valence-electron chi connectivity index (χ2n) is 3.96. The average molecular weight is 185 g/mol. The van der Waals surface area contributed by atoms with Crippen molar-refractivity contribution >= 4 is 10.9 Å². The molecule has 0 bridgehead atoms. The van der Waals surface area contributed by atoms with Crippen molar-refractivity contribution in [1.82, 2.24) is 4.98 Å². The summed E-state index contributed by atoms with van der Waals surface area (Å²) in [5, 5.41) is 1.29. The Kier molecular flexibility index (Phi) is 2.03. The van der Waals surface area contributed by atoms with E-state index in [2.05, 4.69) is 50.9 Å². The summed E-state index contributed by atoms with van der Waals surface area (Å²) in [6.07, 6.45) is 0. The summed E-state index contributed by atoms with van der Waals surface area (Å²) < 4.78 is 0. The molecule has 1 aromatic carbocycles. The molecule has 1 nitrogen and oxygen atoms in total. The minimum absolute atomic E-state index is 1.11. The highest BCUT2D eigenvalue weighted by Crippen LogP contribution is 2.22. The van der Waals surface area contributed by atoms with E-state index in [0.29, 0.717) is 0 Å². The van der Waals surface area contributed by atoms with E-state index in [9.17, 15) is 0 Å². The summed E-state index contributed by atoms with van der Waals surface area (Å²) >= 11 is 0. The third-order valence-electron chi connectivity index (χ3n) is 2.98. The number of benzene rings is 1. The Bertz CT molecular complexity index is 498. The van der Waals surface area contributed by atoms with Crippen molar-refractivity contribution in [2.24, 2.45) is 0 Å². The first-order valence-electron chi connectivity index (χ1n) is 4.94. The summed E-state index contributed by atoms with van der Waals surface area (Å²) in [7, 11) is 0. The van der Waals surface area contributed by atoms with Gasteiger partial charge in [-0.05, 0) is 56.5 Å². The molecule has 0 fully saturated rings. The normalized spacial score (nSPS) is 10.9. The summed E-state index contributed by atoms with van der Waals surface area (Å²) in [5.74, 6) is 0. The van der Waals surface area contributed by atoms with Crippen LogP contribution in [0.5, 0.6) is 0 Å². The highest BCUT2D eigenvalue weighted by atomic mass is 14.7. The molecule has 0 spiro atoms. The summed E-state index contributed by atoms with van der Waals surface area (Å²) in [6.45, 7) is 8.48. The van der Waals surface area contributed by atoms with E-state index < -0.39 is 0 Å². The number of hydrogen-bond donors (Lipinski definition) is 0. The number of rotatable bonds is 0. The Balaban J connectivity index is 2.89. The average Bonchev–Trinajstić information content (AvgIpc) is 2.15. The van der Waals surface area contributed by atoms with Crippen LogP contribution < -0.4 is 0 Å². The van der Waals surface area contributed by atoms with Crippen LogP contribution in [0.3, 0.4) is 0 Å². The van der Waals surface area contributed by atoms with Gasteiger partial charge in [-0.15, -0.1) is 0 Å². The van der Waals surface area contributed by atoms with E-state index in [1.165, 1.54) is 22.1 Å². The SMILES string of the molecule is Cc1cc2c(C)c(C)ccc2nc1C. The second kappa shape index (κ2) is 3.09. The van der Waals surface area contributed by atoms with Crippen molar-refractivity contribution < 1.29 is 0 Å². The summed E-state index contributed by atoms with van der Waals surface area (Å²) in [5.41, 5.74) is 6.18. The molecule has 0 saturated carbocycles. The first-order chi connectivity index (χ1) is 6.59. The van der Waals surface area contributed by atoms with E-state index in [1.54, 1.807) is 0 Å². The smallest absolute Gasteiger partial charge is 0.0708 e. The molecule has 14 heavy (non-hydrogen) atoms. The van der Waals surface area contributed by atoms with Crippen molar-refractivity contribution in [2.75, 3.05) is 0 Å². The highest BCUT2D eigenvalue weighted by molar-refractivity contribution is 5.84. The van der Waals surface area contributed by atoms with Gasteiger partial charge >= 0.3 is 0 Å². The molecule has 0 N–H and O–H groups in total. The van der Waals surface area contributed by atoms with Gasteiger partial charge in [0.25, 0.3) is 0 Å². The van der Waals surface area contributed by atoms with Crippen LogP contribution in [0.2, 0.25) is 0 Å². The number of hydrogen-bond acceptors (Lipinski definition) is 1. The Labute approximate surface area is 84.8 Å². The molecule has 0 atom stereocenters. The van der Waals surface area contributed by atoms with Crippen molar-refractivity contribution in [2.45, 2.75) is 27.7 Å². The molecule has 1 aromatic heterocycles. The lowest BCUT2D eigenvalue weighted by Crippen LogP contribution is -1.91. The molecule has 1 heterocycles. The van der Waals surface area contributed by atoms with E-state index in [0.717, 1.165) is 11.2 Å². The van der Waals surface area contributed by atoms with Crippen molar-refractivity contribution in [1.29, 1.82) is 0 Å². The zero-order chi connectivity index (χ0) is 10.3. The summed E-state index contributed by atoms with van der Waals surface area (Å²) in [6, 6.07) is 6.48. The monoisotopic (exact) mass is 185 g/mol. The molecule has 0 aliphatic carbocycles. The quantitative estimate of drug-likeness (QED) is 0.612. The number of nitrogens with zero attached hydrogens (tertiary/aromatic N) is 1. The predicted octanol–water partition coefficient (Wildman–Crippen LogP) is 3.47. The van der Waals surface area contributed by atoms with Gasteiger partial charge in [0.2, 0.25) is 0 Å². The van der Waals surface area contributed by atoms with Crippen LogP contribution in [0.25, 0.3) is 10.9 Å². The van der Waals surface area contributed by atoms with E-state index >= 15 is 0 Å². The van der Waals surface area contributed by atoms with Crippen LogP contribution in [-0.4, -0.2) is 4.98 Å². The van der Waals surface area contributed by atoms with Gasteiger partial charge < -0.3 is 0 Å². The Morgan fingerprint density at radius 2 is 1.64 bits per heavy atom. The molecular formula is C13H15N. The number of aryl methyl sites for hydroxylation is 4. The zero-order valence-corrected chi connectivity index (χ0v) is 9.18. The van der Waals surface area contributed by atoms with Crippen LogP contribution in [0.4, 0.5) is 0 Å². The second-order valence-corrected chi connectivity index (χ2v) is 3.96. The van der Waals surface area contributed by atoms with Gasteiger partial charge in [0, 0.05) is 11.1 Å². The van der Waals surface area contributed by atoms with Gasteiger partial charge in [-0.2, -0.15) is 0 Å². The summed E-state index contributed by atoms with van der Waals surface area (Å²) in [4.78, 5) is 4.58. The van der Waals surface area contributed by atoms with E-state index in [4.69, 9.17) is 0 Å². The third kappa shape index (κ3) is 1.29. The molecule has 2 aromatic rings. The lowest BCUT2D eigenvalue weighted by atomic mass is 10.0. The molecule has 72 valence electrons. The minimum Gasteiger partial charge on any atom is -0.253 e. The van der Waals surface area contributed by atoms with Crippen LogP contribution in [0, 0.1) is 27.7 Å². The standard InChI is InChI=1S/C13H15N/c1-8-5-6-13-12(10(8)3)7-9(2)11(4)14-13/h5-7H,1-4H3. The fraction of sp³-hybridized carbons (Fsp3) is 0.308. The van der Waals surface area contributed by atoms with Crippen molar-refractivity contribution in [3.63, 3.8) is 0 Å². The van der Waals surface area contributed by atoms with Crippen LogP contribution in [-0.2, 0) is 0 Å². The maximum atomic E-state index is 4.58. The van der Waals surface area contributed by atoms with Gasteiger partial charge in [0.15, 0.2) is 0 Å². The van der Waals surface area contributed by atoms with Gasteiger partial charge in [-0.1, -0.05) is 6.07 Å². The van der Waals surface area contributed by atoms with E-state index in [-0.39, 0.29) is 0 Å². The van der Waals surface area contributed by atoms with Crippen molar-refractivity contribution in [3.8, 4) is 0 Å². The number of pyridine rings is 1. The number of fused-ring (bicyclic) bond motifs is 1. The third-order valence-corrected chi connectivity index (χ3v) is 2.98.